The summed E-state index contributed by atoms with van der Waals surface area (Å²) >= 11 is 0. The highest BCUT2D eigenvalue weighted by molar-refractivity contribution is 6.07. The maximum absolute atomic E-state index is 12.3. The van der Waals surface area contributed by atoms with E-state index in [-0.39, 0.29) is 5.78 Å². The van der Waals surface area contributed by atoms with Crippen LogP contribution in [0.5, 0.6) is 17.2 Å². The number of hydrogen-bond donors (Lipinski definition) is 0. The van der Waals surface area contributed by atoms with Crippen molar-refractivity contribution in [1.82, 2.24) is 9.78 Å². The van der Waals surface area contributed by atoms with Gasteiger partial charge in [-0.3, -0.25) is 9.48 Å². The van der Waals surface area contributed by atoms with E-state index in [4.69, 9.17) is 14.2 Å². The lowest BCUT2D eigenvalue weighted by atomic mass is 10.1. The lowest BCUT2D eigenvalue weighted by Gasteiger charge is -2.13. The molecule has 0 amide bonds. The van der Waals surface area contributed by atoms with Crippen molar-refractivity contribution in [2.24, 2.45) is 7.05 Å². The molecule has 0 saturated heterocycles. The van der Waals surface area contributed by atoms with Crippen LogP contribution in [0.1, 0.15) is 21.6 Å². The molecule has 0 fully saturated rings. The molecule has 2 aromatic rings. The lowest BCUT2D eigenvalue weighted by Crippen LogP contribution is -1.98. The zero-order valence-corrected chi connectivity index (χ0v) is 13.9. The first kappa shape index (κ1) is 16.6. The van der Waals surface area contributed by atoms with Gasteiger partial charge in [0.15, 0.2) is 17.3 Å². The predicted octanol–water partition coefficient (Wildman–Crippen LogP) is 2.65. The number of carbonyl (C=O) groups excluding carboxylic acids is 1. The van der Waals surface area contributed by atoms with Crippen LogP contribution in [-0.2, 0) is 7.05 Å². The van der Waals surface area contributed by atoms with Crippen molar-refractivity contribution < 1.29 is 19.0 Å². The van der Waals surface area contributed by atoms with E-state index in [0.717, 1.165) is 5.56 Å². The van der Waals surface area contributed by atoms with Crippen LogP contribution in [0.15, 0.2) is 24.4 Å². The van der Waals surface area contributed by atoms with Crippen molar-refractivity contribution in [2.75, 3.05) is 21.3 Å². The molecule has 0 aliphatic rings. The van der Waals surface area contributed by atoms with E-state index in [9.17, 15) is 4.79 Å². The van der Waals surface area contributed by atoms with Gasteiger partial charge in [-0.25, -0.2) is 0 Å². The number of hydrogen-bond acceptors (Lipinski definition) is 5. The Morgan fingerprint density at radius 2 is 1.83 bits per heavy atom. The Bertz CT molecular complexity index is 747. The number of ketones is 1. The third-order valence-corrected chi connectivity index (χ3v) is 3.43. The van der Waals surface area contributed by atoms with Gasteiger partial charge in [0.1, 0.15) is 0 Å². The van der Waals surface area contributed by atoms with Gasteiger partial charge in [-0.2, -0.15) is 5.10 Å². The standard InChI is InChI=1S/C17H20N2O4/c1-11-13(10-19(2)18-11)14(20)8-6-12-7-9-15(21-3)17(23-5)16(12)22-4/h6-10H,1-5H3. The Labute approximate surface area is 135 Å². The molecule has 0 aliphatic heterocycles. The fourth-order valence-electron chi connectivity index (χ4n) is 2.35. The Morgan fingerprint density at radius 3 is 2.35 bits per heavy atom. The summed E-state index contributed by atoms with van der Waals surface area (Å²) in [5.74, 6) is 1.45. The highest BCUT2D eigenvalue weighted by Crippen LogP contribution is 2.40. The zero-order chi connectivity index (χ0) is 17.0. The minimum atomic E-state index is -0.118. The Hall–Kier alpha value is -2.76. The molecular formula is C17H20N2O4. The van der Waals surface area contributed by atoms with E-state index in [0.29, 0.717) is 28.5 Å². The van der Waals surface area contributed by atoms with Crippen molar-refractivity contribution in [1.29, 1.82) is 0 Å². The highest BCUT2D eigenvalue weighted by Gasteiger charge is 2.15. The number of rotatable bonds is 6. The molecule has 0 bridgehead atoms. The zero-order valence-electron chi connectivity index (χ0n) is 13.9. The fourth-order valence-corrected chi connectivity index (χ4v) is 2.35. The molecule has 1 aromatic heterocycles. The smallest absolute Gasteiger partial charge is 0.203 e. The van der Waals surface area contributed by atoms with E-state index in [1.165, 1.54) is 13.2 Å². The number of aromatic nitrogens is 2. The molecule has 0 spiro atoms. The molecule has 0 radical (unpaired) electrons. The van der Waals surface area contributed by atoms with Crippen molar-refractivity contribution in [3.8, 4) is 17.2 Å². The van der Waals surface area contributed by atoms with Gasteiger partial charge < -0.3 is 14.2 Å². The molecule has 0 saturated carbocycles. The minimum absolute atomic E-state index is 0.118. The largest absolute Gasteiger partial charge is 0.493 e. The highest BCUT2D eigenvalue weighted by atomic mass is 16.5. The van der Waals surface area contributed by atoms with Gasteiger partial charge in [-0.05, 0) is 31.2 Å². The summed E-state index contributed by atoms with van der Waals surface area (Å²) in [6.45, 7) is 1.80. The molecule has 1 heterocycles. The molecule has 0 N–H and O–H groups in total. The Balaban J connectivity index is 2.36. The van der Waals surface area contributed by atoms with Gasteiger partial charge >= 0.3 is 0 Å². The van der Waals surface area contributed by atoms with Gasteiger partial charge in [0, 0.05) is 18.8 Å². The summed E-state index contributed by atoms with van der Waals surface area (Å²) in [7, 11) is 6.42. The number of benzene rings is 1. The summed E-state index contributed by atoms with van der Waals surface area (Å²) in [5, 5.41) is 4.17. The molecule has 2 rings (SSSR count). The first-order valence-electron chi connectivity index (χ1n) is 7.03. The average Bonchev–Trinajstić information content (AvgIpc) is 2.89. The van der Waals surface area contributed by atoms with Crippen molar-refractivity contribution in [2.45, 2.75) is 6.92 Å². The van der Waals surface area contributed by atoms with Crippen LogP contribution >= 0.6 is 0 Å². The fraction of sp³-hybridized carbons (Fsp3) is 0.294. The number of nitrogens with zero attached hydrogens (tertiary/aromatic N) is 2. The summed E-state index contributed by atoms with van der Waals surface area (Å²) in [5.41, 5.74) is 1.99. The van der Waals surface area contributed by atoms with Crippen molar-refractivity contribution in [3.63, 3.8) is 0 Å². The number of methoxy groups -OCH3 is 3. The Morgan fingerprint density at radius 1 is 1.13 bits per heavy atom. The van der Waals surface area contributed by atoms with Gasteiger partial charge in [0.25, 0.3) is 0 Å². The summed E-state index contributed by atoms with van der Waals surface area (Å²) in [4.78, 5) is 12.3. The van der Waals surface area contributed by atoms with Crippen LogP contribution in [0.4, 0.5) is 0 Å². The Kier molecular flexibility index (Phi) is 5.05. The monoisotopic (exact) mass is 316 g/mol. The van der Waals surface area contributed by atoms with Crippen molar-refractivity contribution in [3.05, 3.63) is 41.2 Å². The molecule has 122 valence electrons. The minimum Gasteiger partial charge on any atom is -0.493 e. The molecule has 6 heteroatoms. The number of aryl methyl sites for hydroxylation is 2. The summed E-state index contributed by atoms with van der Waals surface area (Å²) in [6.07, 6.45) is 4.89. The second kappa shape index (κ2) is 7.00. The molecular weight excluding hydrogens is 296 g/mol. The van der Waals surface area contributed by atoms with E-state index in [1.807, 2.05) is 0 Å². The predicted molar refractivity (Wildman–Crippen MR) is 87.4 cm³/mol. The topological polar surface area (TPSA) is 62.6 Å². The molecule has 6 nitrogen and oxygen atoms in total. The number of allylic oxidation sites excluding steroid dienone is 1. The average molecular weight is 316 g/mol. The van der Waals surface area contributed by atoms with Gasteiger partial charge in [-0.15, -0.1) is 0 Å². The molecule has 1 aromatic carbocycles. The summed E-state index contributed by atoms with van der Waals surface area (Å²) < 4.78 is 17.6. The molecule has 23 heavy (non-hydrogen) atoms. The van der Waals surface area contributed by atoms with Crippen LogP contribution in [0.25, 0.3) is 6.08 Å². The lowest BCUT2D eigenvalue weighted by molar-refractivity contribution is 0.104. The normalized spacial score (nSPS) is 10.8. The quantitative estimate of drug-likeness (QED) is 0.605. The first-order valence-corrected chi connectivity index (χ1v) is 7.03. The third-order valence-electron chi connectivity index (χ3n) is 3.43. The van der Waals surface area contributed by atoms with Crippen LogP contribution in [0.3, 0.4) is 0 Å². The van der Waals surface area contributed by atoms with Gasteiger partial charge in [0.2, 0.25) is 5.75 Å². The van der Waals surface area contributed by atoms with E-state index >= 15 is 0 Å². The van der Waals surface area contributed by atoms with E-state index in [2.05, 4.69) is 5.10 Å². The maximum atomic E-state index is 12.3. The van der Waals surface area contributed by atoms with Gasteiger partial charge in [-0.1, -0.05) is 0 Å². The van der Waals surface area contributed by atoms with Crippen LogP contribution in [0.2, 0.25) is 0 Å². The van der Waals surface area contributed by atoms with Crippen LogP contribution in [0, 0.1) is 6.92 Å². The summed E-state index contributed by atoms with van der Waals surface area (Å²) in [6, 6.07) is 3.57. The number of ether oxygens (including phenoxy) is 3. The van der Waals surface area contributed by atoms with Crippen molar-refractivity contribution >= 4 is 11.9 Å². The first-order chi connectivity index (χ1) is 11.0. The van der Waals surface area contributed by atoms with Crippen LogP contribution in [-0.4, -0.2) is 36.9 Å². The SMILES string of the molecule is COc1ccc(C=CC(=O)c2cn(C)nc2C)c(OC)c1OC. The van der Waals surface area contributed by atoms with Crippen LogP contribution < -0.4 is 14.2 Å². The van der Waals surface area contributed by atoms with E-state index in [1.54, 1.807) is 57.3 Å². The molecule has 0 aliphatic carbocycles. The van der Waals surface area contributed by atoms with E-state index < -0.39 is 0 Å². The molecule has 0 unspecified atom stereocenters. The van der Waals surface area contributed by atoms with Gasteiger partial charge in [0.05, 0.1) is 32.6 Å². The second-order valence-corrected chi connectivity index (χ2v) is 4.92. The maximum Gasteiger partial charge on any atom is 0.203 e. The third kappa shape index (κ3) is 3.36. The second-order valence-electron chi connectivity index (χ2n) is 4.92. The molecule has 0 atom stereocenters. The number of carbonyl (C=O) groups is 1.